The fourth-order valence-corrected chi connectivity index (χ4v) is 2.31. The maximum Gasteiger partial charge on any atom is 0.241 e. The first-order chi connectivity index (χ1) is 8.86. The summed E-state index contributed by atoms with van der Waals surface area (Å²) < 4.78 is 10.4. The van der Waals surface area contributed by atoms with Crippen LogP contribution in [0.5, 0.6) is 0 Å². The molecular weight excluding hydrogens is 234 g/mol. The van der Waals surface area contributed by atoms with Crippen molar-refractivity contribution in [3.8, 4) is 11.6 Å². The highest BCUT2D eigenvalue weighted by atomic mass is 16.5. The Morgan fingerprint density at radius 3 is 3.22 bits per heavy atom. The summed E-state index contributed by atoms with van der Waals surface area (Å²) in [5, 5.41) is 13.1. The Balaban J connectivity index is 1.70. The van der Waals surface area contributed by atoms with E-state index in [0.717, 1.165) is 19.4 Å². The number of likely N-dealkylation sites (tertiary alicyclic amines) is 1. The van der Waals surface area contributed by atoms with Crippen LogP contribution in [-0.4, -0.2) is 39.3 Å². The van der Waals surface area contributed by atoms with Crippen LogP contribution in [0.1, 0.15) is 18.7 Å². The minimum absolute atomic E-state index is 0.180. The van der Waals surface area contributed by atoms with Gasteiger partial charge in [-0.05, 0) is 31.5 Å². The van der Waals surface area contributed by atoms with E-state index in [1.165, 1.54) is 0 Å². The molecular formula is C12H15N3O3. The van der Waals surface area contributed by atoms with Crippen LogP contribution in [-0.2, 0) is 6.54 Å². The molecule has 1 unspecified atom stereocenters. The molecule has 3 rings (SSSR count). The van der Waals surface area contributed by atoms with Gasteiger partial charge in [0.25, 0.3) is 0 Å². The number of nitrogens with zero attached hydrogens (tertiary/aromatic N) is 3. The lowest BCUT2D eigenvalue weighted by Crippen LogP contribution is -2.31. The van der Waals surface area contributed by atoms with E-state index in [0.29, 0.717) is 24.0 Å². The van der Waals surface area contributed by atoms with Crippen LogP contribution in [0.3, 0.4) is 0 Å². The molecule has 96 valence electrons. The van der Waals surface area contributed by atoms with Gasteiger partial charge in [-0.25, -0.2) is 0 Å². The van der Waals surface area contributed by atoms with Crippen molar-refractivity contribution in [3.63, 3.8) is 0 Å². The molecule has 2 aromatic heterocycles. The molecule has 0 aromatic carbocycles. The molecule has 1 saturated heterocycles. The van der Waals surface area contributed by atoms with Crippen molar-refractivity contribution in [2.45, 2.75) is 25.4 Å². The number of hydrogen-bond acceptors (Lipinski definition) is 6. The first kappa shape index (κ1) is 11.4. The molecule has 1 N–H and O–H groups in total. The second-order valence-corrected chi connectivity index (χ2v) is 4.44. The lowest BCUT2D eigenvalue weighted by molar-refractivity contribution is 0.141. The molecule has 0 radical (unpaired) electrons. The van der Waals surface area contributed by atoms with Crippen LogP contribution >= 0.6 is 0 Å². The Kier molecular flexibility index (Phi) is 3.12. The van der Waals surface area contributed by atoms with Crippen molar-refractivity contribution in [3.05, 3.63) is 24.3 Å². The third-order valence-corrected chi connectivity index (χ3v) is 3.26. The number of aliphatic hydroxyl groups is 1. The molecule has 0 bridgehead atoms. The molecule has 1 fully saturated rings. The Morgan fingerprint density at radius 2 is 2.44 bits per heavy atom. The molecule has 1 aliphatic rings. The summed E-state index contributed by atoms with van der Waals surface area (Å²) in [5.41, 5.74) is 0. The highest BCUT2D eigenvalue weighted by Gasteiger charge is 2.25. The zero-order valence-electron chi connectivity index (χ0n) is 9.95. The molecule has 3 heterocycles. The van der Waals surface area contributed by atoms with Crippen LogP contribution in [0.15, 0.2) is 27.3 Å². The number of rotatable bonds is 4. The van der Waals surface area contributed by atoms with Gasteiger partial charge in [-0.3, -0.25) is 4.90 Å². The van der Waals surface area contributed by atoms with Gasteiger partial charge in [0.1, 0.15) is 0 Å². The minimum Gasteiger partial charge on any atom is -0.461 e. The van der Waals surface area contributed by atoms with E-state index < -0.39 is 0 Å². The molecule has 1 aliphatic heterocycles. The standard InChI is InChI=1S/C12H15N3O3/c16-8-9-3-1-5-15(9)7-11-13-12(14-18-11)10-4-2-6-17-10/h2,4,6,9,16H,1,3,5,7-8H2. The zero-order valence-corrected chi connectivity index (χ0v) is 9.95. The van der Waals surface area contributed by atoms with Crippen LogP contribution in [0.4, 0.5) is 0 Å². The van der Waals surface area contributed by atoms with Crippen molar-refractivity contribution in [1.29, 1.82) is 0 Å². The number of aromatic nitrogens is 2. The van der Waals surface area contributed by atoms with E-state index in [9.17, 15) is 5.11 Å². The van der Waals surface area contributed by atoms with Gasteiger partial charge in [-0.15, -0.1) is 0 Å². The summed E-state index contributed by atoms with van der Waals surface area (Å²) in [5.74, 6) is 1.63. The van der Waals surface area contributed by atoms with Crippen molar-refractivity contribution < 1.29 is 14.0 Å². The smallest absolute Gasteiger partial charge is 0.241 e. The van der Waals surface area contributed by atoms with E-state index in [1.807, 2.05) is 0 Å². The minimum atomic E-state index is 0.180. The third kappa shape index (κ3) is 2.16. The van der Waals surface area contributed by atoms with Crippen LogP contribution in [0, 0.1) is 0 Å². The highest BCUT2D eigenvalue weighted by Crippen LogP contribution is 2.21. The number of aliphatic hydroxyl groups excluding tert-OH is 1. The van der Waals surface area contributed by atoms with Crippen molar-refractivity contribution in [1.82, 2.24) is 15.0 Å². The third-order valence-electron chi connectivity index (χ3n) is 3.26. The molecule has 2 aromatic rings. The monoisotopic (exact) mass is 249 g/mol. The Labute approximate surface area is 104 Å². The largest absolute Gasteiger partial charge is 0.461 e. The Morgan fingerprint density at radius 1 is 1.50 bits per heavy atom. The second-order valence-electron chi connectivity index (χ2n) is 4.44. The van der Waals surface area contributed by atoms with Crippen molar-refractivity contribution >= 4 is 0 Å². The van der Waals surface area contributed by atoms with E-state index in [4.69, 9.17) is 8.94 Å². The number of hydrogen-bond donors (Lipinski definition) is 1. The zero-order chi connectivity index (χ0) is 12.4. The predicted octanol–water partition coefficient (Wildman–Crippen LogP) is 1.29. The van der Waals surface area contributed by atoms with Gasteiger partial charge < -0.3 is 14.0 Å². The van der Waals surface area contributed by atoms with Gasteiger partial charge in [0.15, 0.2) is 5.76 Å². The average Bonchev–Trinajstić information content (AvgIpc) is 3.10. The van der Waals surface area contributed by atoms with E-state index >= 15 is 0 Å². The molecule has 0 aliphatic carbocycles. The normalized spacial score (nSPS) is 20.6. The van der Waals surface area contributed by atoms with E-state index in [-0.39, 0.29) is 12.6 Å². The molecule has 0 spiro atoms. The molecule has 0 saturated carbocycles. The molecule has 18 heavy (non-hydrogen) atoms. The van der Waals surface area contributed by atoms with Crippen LogP contribution < -0.4 is 0 Å². The van der Waals surface area contributed by atoms with Gasteiger partial charge in [0, 0.05) is 6.04 Å². The van der Waals surface area contributed by atoms with Crippen LogP contribution in [0.2, 0.25) is 0 Å². The topological polar surface area (TPSA) is 75.5 Å². The highest BCUT2D eigenvalue weighted by molar-refractivity contribution is 5.44. The van der Waals surface area contributed by atoms with E-state index in [1.54, 1.807) is 18.4 Å². The maximum atomic E-state index is 9.25. The van der Waals surface area contributed by atoms with Gasteiger partial charge in [0.2, 0.25) is 11.7 Å². The Bertz CT molecular complexity index is 494. The quantitative estimate of drug-likeness (QED) is 0.879. The summed E-state index contributed by atoms with van der Waals surface area (Å²) in [6.45, 7) is 1.72. The molecule has 6 heteroatoms. The lowest BCUT2D eigenvalue weighted by Gasteiger charge is -2.20. The van der Waals surface area contributed by atoms with Gasteiger partial charge in [-0.2, -0.15) is 4.98 Å². The summed E-state index contributed by atoms with van der Waals surface area (Å²) in [4.78, 5) is 6.46. The fraction of sp³-hybridized carbons (Fsp3) is 0.500. The first-order valence-corrected chi connectivity index (χ1v) is 6.08. The van der Waals surface area contributed by atoms with Gasteiger partial charge >= 0.3 is 0 Å². The van der Waals surface area contributed by atoms with Gasteiger partial charge in [0.05, 0.1) is 19.4 Å². The number of furan rings is 1. The maximum absolute atomic E-state index is 9.25. The molecule has 0 amide bonds. The summed E-state index contributed by atoms with van der Waals surface area (Å²) >= 11 is 0. The SMILES string of the molecule is OCC1CCCN1Cc1nc(-c2ccco2)no1. The lowest BCUT2D eigenvalue weighted by atomic mass is 10.2. The first-order valence-electron chi connectivity index (χ1n) is 6.08. The fourth-order valence-electron chi connectivity index (χ4n) is 2.31. The Hall–Kier alpha value is -1.66. The van der Waals surface area contributed by atoms with Crippen molar-refractivity contribution in [2.24, 2.45) is 0 Å². The summed E-state index contributed by atoms with van der Waals surface area (Å²) in [6.07, 6.45) is 3.70. The molecule has 6 nitrogen and oxygen atoms in total. The van der Waals surface area contributed by atoms with Crippen molar-refractivity contribution in [2.75, 3.05) is 13.2 Å². The summed E-state index contributed by atoms with van der Waals surface area (Å²) in [6, 6.07) is 3.79. The van der Waals surface area contributed by atoms with E-state index in [2.05, 4.69) is 15.0 Å². The average molecular weight is 249 g/mol. The summed E-state index contributed by atoms with van der Waals surface area (Å²) in [7, 11) is 0. The second kappa shape index (κ2) is 4.91. The van der Waals surface area contributed by atoms with Crippen LogP contribution in [0.25, 0.3) is 11.6 Å². The van der Waals surface area contributed by atoms with Gasteiger partial charge in [-0.1, -0.05) is 5.16 Å². The predicted molar refractivity (Wildman–Crippen MR) is 62.5 cm³/mol. The molecule has 1 atom stereocenters.